The molecule has 25 heavy (non-hydrogen) atoms. The van der Waals surface area contributed by atoms with Gasteiger partial charge in [0.15, 0.2) is 9.84 Å². The van der Waals surface area contributed by atoms with Crippen molar-refractivity contribution in [2.75, 3.05) is 13.4 Å². The highest BCUT2D eigenvalue weighted by molar-refractivity contribution is 9.10. The van der Waals surface area contributed by atoms with Crippen molar-refractivity contribution in [3.8, 4) is 5.75 Å². The third-order valence-corrected chi connectivity index (χ3v) is 5.15. The van der Waals surface area contributed by atoms with E-state index in [-0.39, 0.29) is 17.7 Å². The summed E-state index contributed by atoms with van der Waals surface area (Å²) in [7, 11) is -1.49. The highest BCUT2D eigenvalue weighted by atomic mass is 79.9. The zero-order valence-corrected chi connectivity index (χ0v) is 16.6. The van der Waals surface area contributed by atoms with E-state index in [4.69, 9.17) is 4.74 Å². The van der Waals surface area contributed by atoms with Crippen LogP contribution < -0.4 is 10.1 Å². The minimum atomic E-state index is -3.09. The average molecular weight is 426 g/mol. The lowest BCUT2D eigenvalue weighted by Crippen LogP contribution is -2.26. The van der Waals surface area contributed by atoms with Crippen LogP contribution in [0.4, 0.5) is 0 Å². The Bertz CT molecular complexity index is 863. The first-order valence-corrected chi connectivity index (χ1v) is 10.5. The van der Waals surface area contributed by atoms with Crippen molar-refractivity contribution in [1.82, 2.24) is 5.32 Å². The fourth-order valence-electron chi connectivity index (χ4n) is 2.37. The number of sulfone groups is 1. The molecule has 1 amide bonds. The number of rotatable bonds is 6. The normalized spacial score (nSPS) is 12.5. The van der Waals surface area contributed by atoms with Crippen molar-refractivity contribution in [1.29, 1.82) is 0 Å². The number of benzene rings is 2. The number of methoxy groups -OCH3 is 1. The van der Waals surface area contributed by atoms with Crippen LogP contribution in [0.2, 0.25) is 0 Å². The molecule has 0 fully saturated rings. The summed E-state index contributed by atoms with van der Waals surface area (Å²) in [5.41, 5.74) is 2.08. The number of amides is 1. The number of carbonyl (C=O) groups is 1. The van der Waals surface area contributed by atoms with E-state index >= 15 is 0 Å². The summed E-state index contributed by atoms with van der Waals surface area (Å²) in [5, 5.41) is 2.93. The van der Waals surface area contributed by atoms with Crippen LogP contribution in [-0.2, 0) is 15.6 Å². The molecule has 7 heteroatoms. The van der Waals surface area contributed by atoms with Gasteiger partial charge in [-0.25, -0.2) is 8.42 Å². The SMILES string of the molecule is COc1ccc(C(C)NC(=O)c2ccc(CS(C)(=O)=O)cc2)cc1Br. The number of hydrogen-bond donors (Lipinski definition) is 1. The first-order chi connectivity index (χ1) is 11.7. The molecule has 0 bridgehead atoms. The lowest BCUT2D eigenvalue weighted by Gasteiger charge is -2.16. The molecule has 2 aromatic rings. The maximum absolute atomic E-state index is 12.4. The molecule has 5 nitrogen and oxygen atoms in total. The minimum Gasteiger partial charge on any atom is -0.496 e. The molecule has 134 valence electrons. The lowest BCUT2D eigenvalue weighted by atomic mass is 10.1. The molecule has 2 aromatic carbocycles. The molecule has 2 rings (SSSR count). The van der Waals surface area contributed by atoms with E-state index in [9.17, 15) is 13.2 Å². The average Bonchev–Trinajstić information content (AvgIpc) is 2.53. The largest absolute Gasteiger partial charge is 0.496 e. The summed E-state index contributed by atoms with van der Waals surface area (Å²) in [6, 6.07) is 12.0. The highest BCUT2D eigenvalue weighted by Crippen LogP contribution is 2.28. The van der Waals surface area contributed by atoms with E-state index in [1.165, 1.54) is 6.26 Å². The summed E-state index contributed by atoms with van der Waals surface area (Å²) < 4.78 is 28.6. The van der Waals surface area contributed by atoms with Gasteiger partial charge in [0.2, 0.25) is 0 Å². The number of hydrogen-bond acceptors (Lipinski definition) is 4. The molecule has 0 aliphatic carbocycles. The Balaban J connectivity index is 2.07. The first kappa shape index (κ1) is 19.5. The fraction of sp³-hybridized carbons (Fsp3) is 0.278. The lowest BCUT2D eigenvalue weighted by molar-refractivity contribution is 0.0940. The van der Waals surface area contributed by atoms with Crippen LogP contribution >= 0.6 is 15.9 Å². The van der Waals surface area contributed by atoms with Crippen molar-refractivity contribution in [2.24, 2.45) is 0 Å². The monoisotopic (exact) mass is 425 g/mol. The third-order valence-electron chi connectivity index (χ3n) is 3.67. The predicted octanol–water partition coefficient (Wildman–Crippen LogP) is 3.49. The molecule has 0 aliphatic heterocycles. The van der Waals surface area contributed by atoms with E-state index in [0.717, 1.165) is 15.8 Å². The summed E-state index contributed by atoms with van der Waals surface area (Å²) in [6.45, 7) is 1.89. The van der Waals surface area contributed by atoms with Crippen LogP contribution in [0.15, 0.2) is 46.9 Å². The van der Waals surface area contributed by atoms with E-state index in [1.807, 2.05) is 25.1 Å². The fourth-order valence-corrected chi connectivity index (χ4v) is 3.73. The molecule has 0 aromatic heterocycles. The topological polar surface area (TPSA) is 72.5 Å². The summed E-state index contributed by atoms with van der Waals surface area (Å²) >= 11 is 3.43. The van der Waals surface area contributed by atoms with E-state index in [1.54, 1.807) is 31.4 Å². The van der Waals surface area contributed by atoms with Gasteiger partial charge in [-0.1, -0.05) is 18.2 Å². The van der Waals surface area contributed by atoms with Gasteiger partial charge in [0, 0.05) is 11.8 Å². The highest BCUT2D eigenvalue weighted by Gasteiger charge is 2.13. The molecule has 1 unspecified atom stereocenters. The number of nitrogens with one attached hydrogen (secondary N) is 1. The van der Waals surface area contributed by atoms with Crippen LogP contribution in [0.3, 0.4) is 0 Å². The van der Waals surface area contributed by atoms with Crippen molar-refractivity contribution in [2.45, 2.75) is 18.7 Å². The Kier molecular flexibility index (Phi) is 6.24. The standard InChI is InChI=1S/C18H20BrNO4S/c1-12(15-8-9-17(24-2)16(19)10-15)20-18(21)14-6-4-13(5-7-14)11-25(3,22)23/h4-10,12H,11H2,1-3H3,(H,20,21). The second-order valence-electron chi connectivity index (χ2n) is 5.86. The van der Waals surface area contributed by atoms with Gasteiger partial charge in [0.05, 0.1) is 23.4 Å². The molecule has 1 atom stereocenters. The van der Waals surface area contributed by atoms with Crippen LogP contribution in [-0.4, -0.2) is 27.7 Å². The van der Waals surface area contributed by atoms with Gasteiger partial charge in [0.25, 0.3) is 5.91 Å². The second kappa shape index (κ2) is 8.01. The number of ether oxygens (including phenoxy) is 1. The Morgan fingerprint density at radius 3 is 2.36 bits per heavy atom. The molecular formula is C18H20BrNO4S. The smallest absolute Gasteiger partial charge is 0.251 e. The summed E-state index contributed by atoms with van der Waals surface area (Å²) in [4.78, 5) is 12.4. The Labute approximate surface area is 156 Å². The molecule has 0 heterocycles. The minimum absolute atomic E-state index is 0.0365. The van der Waals surface area contributed by atoms with Crippen LogP contribution in [0.5, 0.6) is 5.75 Å². The molecular weight excluding hydrogens is 406 g/mol. The van der Waals surface area contributed by atoms with Crippen LogP contribution in [0.25, 0.3) is 0 Å². The summed E-state index contributed by atoms with van der Waals surface area (Å²) in [6.07, 6.45) is 1.18. The van der Waals surface area contributed by atoms with Crippen LogP contribution in [0.1, 0.15) is 34.5 Å². The van der Waals surface area contributed by atoms with Gasteiger partial charge >= 0.3 is 0 Å². The van der Waals surface area contributed by atoms with Crippen molar-refractivity contribution >= 4 is 31.7 Å². The van der Waals surface area contributed by atoms with Crippen molar-refractivity contribution in [3.05, 3.63) is 63.6 Å². The molecule has 0 saturated carbocycles. The van der Waals surface area contributed by atoms with E-state index in [2.05, 4.69) is 21.2 Å². The number of halogens is 1. The van der Waals surface area contributed by atoms with Gasteiger partial charge in [-0.2, -0.15) is 0 Å². The Morgan fingerprint density at radius 2 is 1.84 bits per heavy atom. The maximum Gasteiger partial charge on any atom is 0.251 e. The van der Waals surface area contributed by atoms with Gasteiger partial charge in [-0.15, -0.1) is 0 Å². The Morgan fingerprint density at radius 1 is 1.20 bits per heavy atom. The van der Waals surface area contributed by atoms with E-state index in [0.29, 0.717) is 11.1 Å². The van der Waals surface area contributed by atoms with E-state index < -0.39 is 9.84 Å². The first-order valence-electron chi connectivity index (χ1n) is 7.60. The molecule has 0 radical (unpaired) electrons. The van der Waals surface area contributed by atoms with Crippen molar-refractivity contribution in [3.63, 3.8) is 0 Å². The van der Waals surface area contributed by atoms with Gasteiger partial charge in [-0.3, -0.25) is 4.79 Å². The zero-order chi connectivity index (χ0) is 18.6. The third kappa shape index (κ3) is 5.57. The van der Waals surface area contributed by atoms with Gasteiger partial charge in [-0.05, 0) is 58.2 Å². The quantitative estimate of drug-likeness (QED) is 0.768. The Hall–Kier alpha value is -1.86. The zero-order valence-electron chi connectivity index (χ0n) is 14.2. The van der Waals surface area contributed by atoms with Crippen molar-refractivity contribution < 1.29 is 17.9 Å². The molecule has 1 N–H and O–H groups in total. The molecule has 0 aliphatic rings. The van der Waals surface area contributed by atoms with Gasteiger partial charge in [0.1, 0.15) is 5.75 Å². The number of carbonyl (C=O) groups excluding carboxylic acids is 1. The molecule has 0 spiro atoms. The molecule has 0 saturated heterocycles. The van der Waals surface area contributed by atoms with Crippen LogP contribution in [0, 0.1) is 0 Å². The summed E-state index contributed by atoms with van der Waals surface area (Å²) in [5.74, 6) is 0.472. The predicted molar refractivity (Wildman–Crippen MR) is 102 cm³/mol. The second-order valence-corrected chi connectivity index (χ2v) is 8.85. The van der Waals surface area contributed by atoms with Gasteiger partial charge < -0.3 is 10.1 Å². The maximum atomic E-state index is 12.4.